The van der Waals surface area contributed by atoms with Gasteiger partial charge in [0, 0.05) is 29.5 Å². The number of hydrogen-bond donors (Lipinski definition) is 5. The molecule has 4 amide bonds. The van der Waals surface area contributed by atoms with Gasteiger partial charge in [0.05, 0.1) is 39.0 Å². The molecule has 1 heterocycles. The van der Waals surface area contributed by atoms with Gasteiger partial charge in [-0.2, -0.15) is 0 Å². The number of carbonyl (C=O) groups is 5. The number of ether oxygens (including phenoxy) is 4. The fourth-order valence-corrected chi connectivity index (χ4v) is 5.12. The zero-order valence-corrected chi connectivity index (χ0v) is 28.4. The van der Waals surface area contributed by atoms with E-state index >= 15 is 0 Å². The number of hydrogen-bond acceptors (Lipinski definition) is 11. The maximum absolute atomic E-state index is 14.0. The Labute approximate surface area is 285 Å². The molecule has 0 unspecified atom stereocenters. The molecule has 2 aromatic carbocycles. The molecular formula is C34H45N5O10. The maximum atomic E-state index is 14.0. The van der Waals surface area contributed by atoms with Gasteiger partial charge in [-0.15, -0.1) is 0 Å². The van der Waals surface area contributed by atoms with Crippen LogP contribution >= 0.6 is 0 Å². The van der Waals surface area contributed by atoms with Crippen LogP contribution in [-0.2, 0) is 30.3 Å². The standard InChI is InChI=1S/C34H45N5O10/c1-7-12-49-34(45)38-30(19(2)3)32(43)36-20(4)31(42)37-22-11-10-21-14-23(18-40)39(26(21)15-22)33(44)24-16-27(46-5)28(17-25(24)35)48-13-8-9-29(41)47-6/h7,10-11,15-17,19-20,23,30,40H,1,8-9,12-14,18,35H2,2-6H3,(H,36,43)(H,37,42)(H,38,45)/t20-,23-,30-/m0/s1. The Morgan fingerprint density at radius 3 is 2.43 bits per heavy atom. The van der Waals surface area contributed by atoms with Gasteiger partial charge in [-0.1, -0.05) is 32.6 Å². The van der Waals surface area contributed by atoms with Crippen molar-refractivity contribution in [3.63, 3.8) is 0 Å². The average Bonchev–Trinajstić information content (AvgIpc) is 3.45. The van der Waals surface area contributed by atoms with E-state index in [1.165, 1.54) is 44.3 Å². The fourth-order valence-electron chi connectivity index (χ4n) is 5.12. The van der Waals surface area contributed by atoms with Gasteiger partial charge < -0.3 is 50.6 Å². The number of fused-ring (bicyclic) bond motifs is 1. The number of alkyl carbamates (subject to hydrolysis) is 1. The van der Waals surface area contributed by atoms with Crippen LogP contribution in [0, 0.1) is 5.92 Å². The van der Waals surface area contributed by atoms with Crippen molar-refractivity contribution in [1.82, 2.24) is 10.6 Å². The summed E-state index contributed by atoms with van der Waals surface area (Å²) in [5.74, 6) is -1.76. The number of anilines is 3. The van der Waals surface area contributed by atoms with Gasteiger partial charge in [0.1, 0.15) is 18.7 Å². The molecule has 0 aliphatic carbocycles. The number of carbonyl (C=O) groups excluding carboxylic acids is 5. The van der Waals surface area contributed by atoms with Crippen LogP contribution in [0.5, 0.6) is 11.5 Å². The Balaban J connectivity index is 1.76. The predicted octanol–water partition coefficient (Wildman–Crippen LogP) is 2.55. The highest BCUT2D eigenvalue weighted by Crippen LogP contribution is 2.38. The van der Waals surface area contributed by atoms with Gasteiger partial charge in [0.2, 0.25) is 11.8 Å². The number of nitrogens with two attached hydrogens (primary N) is 1. The second-order valence-electron chi connectivity index (χ2n) is 11.7. The first-order chi connectivity index (χ1) is 23.3. The van der Waals surface area contributed by atoms with E-state index in [2.05, 4.69) is 27.3 Å². The Morgan fingerprint density at radius 1 is 1.06 bits per heavy atom. The zero-order valence-electron chi connectivity index (χ0n) is 28.4. The van der Waals surface area contributed by atoms with Crippen LogP contribution in [0.1, 0.15) is 49.5 Å². The summed E-state index contributed by atoms with van der Waals surface area (Å²) in [5.41, 5.74) is 8.09. The first kappa shape index (κ1) is 38.1. The third-order valence-electron chi connectivity index (χ3n) is 7.75. The van der Waals surface area contributed by atoms with Crippen LogP contribution in [0.4, 0.5) is 21.9 Å². The van der Waals surface area contributed by atoms with E-state index in [0.717, 1.165) is 5.56 Å². The first-order valence-electron chi connectivity index (χ1n) is 15.7. The number of nitrogens with one attached hydrogen (secondary N) is 3. The molecule has 3 atom stereocenters. The number of methoxy groups -OCH3 is 2. The molecule has 0 bridgehead atoms. The summed E-state index contributed by atoms with van der Waals surface area (Å²) >= 11 is 0. The van der Waals surface area contributed by atoms with Crippen LogP contribution in [0.15, 0.2) is 43.0 Å². The Kier molecular flexibility index (Phi) is 13.8. The summed E-state index contributed by atoms with van der Waals surface area (Å²) in [6.45, 7) is 8.26. The van der Waals surface area contributed by atoms with Gasteiger partial charge in [-0.05, 0) is 49.4 Å². The van der Waals surface area contributed by atoms with Crippen molar-refractivity contribution in [3.05, 3.63) is 54.1 Å². The topological polar surface area (TPSA) is 208 Å². The van der Waals surface area contributed by atoms with E-state index < -0.39 is 41.9 Å². The highest BCUT2D eigenvalue weighted by Gasteiger charge is 2.36. The molecule has 0 radical (unpaired) electrons. The molecule has 15 nitrogen and oxygen atoms in total. The van der Waals surface area contributed by atoms with Crippen molar-refractivity contribution in [3.8, 4) is 11.5 Å². The molecule has 1 aliphatic rings. The molecule has 2 aromatic rings. The number of benzene rings is 2. The number of rotatable bonds is 16. The number of esters is 1. The second kappa shape index (κ2) is 17.7. The monoisotopic (exact) mass is 683 g/mol. The van der Waals surface area contributed by atoms with E-state index in [1.807, 2.05) is 0 Å². The summed E-state index contributed by atoms with van der Waals surface area (Å²) in [5, 5.41) is 18.1. The minimum Gasteiger partial charge on any atom is -0.493 e. The molecule has 0 fully saturated rings. The van der Waals surface area contributed by atoms with Gasteiger partial charge in [-0.3, -0.25) is 19.2 Å². The molecular weight excluding hydrogens is 638 g/mol. The lowest BCUT2D eigenvalue weighted by atomic mass is 10.0. The molecule has 49 heavy (non-hydrogen) atoms. The Hall–Kier alpha value is -5.31. The molecule has 266 valence electrons. The Bertz CT molecular complexity index is 1550. The molecule has 0 saturated heterocycles. The number of aliphatic hydroxyl groups excluding tert-OH is 1. The summed E-state index contributed by atoms with van der Waals surface area (Å²) in [6, 6.07) is 5.36. The molecule has 1 aliphatic heterocycles. The third-order valence-corrected chi connectivity index (χ3v) is 7.75. The van der Waals surface area contributed by atoms with Crippen LogP contribution in [-0.4, -0.2) is 87.1 Å². The van der Waals surface area contributed by atoms with E-state index in [4.69, 9.17) is 19.9 Å². The lowest BCUT2D eigenvalue weighted by Crippen LogP contribution is -2.53. The molecule has 0 saturated carbocycles. The van der Waals surface area contributed by atoms with Crippen LogP contribution in [0.25, 0.3) is 0 Å². The highest BCUT2D eigenvalue weighted by atomic mass is 16.5. The normalized spacial score (nSPS) is 14.6. The van der Waals surface area contributed by atoms with E-state index in [-0.39, 0.29) is 60.9 Å². The van der Waals surface area contributed by atoms with Crippen molar-refractivity contribution in [2.75, 3.05) is 50.0 Å². The van der Waals surface area contributed by atoms with Gasteiger partial charge in [0.15, 0.2) is 11.5 Å². The maximum Gasteiger partial charge on any atom is 0.408 e. The first-order valence-corrected chi connectivity index (χ1v) is 15.7. The summed E-state index contributed by atoms with van der Waals surface area (Å²) in [7, 11) is 2.72. The van der Waals surface area contributed by atoms with Crippen LogP contribution in [0.2, 0.25) is 0 Å². The zero-order chi connectivity index (χ0) is 36.2. The lowest BCUT2D eigenvalue weighted by Gasteiger charge is -2.26. The van der Waals surface area contributed by atoms with Gasteiger partial charge in [-0.25, -0.2) is 4.79 Å². The summed E-state index contributed by atoms with van der Waals surface area (Å²) in [4.78, 5) is 64.8. The smallest absolute Gasteiger partial charge is 0.408 e. The van der Waals surface area contributed by atoms with E-state index in [1.54, 1.807) is 32.0 Å². The second-order valence-corrected chi connectivity index (χ2v) is 11.7. The largest absolute Gasteiger partial charge is 0.493 e. The van der Waals surface area contributed by atoms with Crippen LogP contribution < -0.4 is 36.1 Å². The Morgan fingerprint density at radius 2 is 1.80 bits per heavy atom. The van der Waals surface area contributed by atoms with Crippen molar-refractivity contribution >= 4 is 46.8 Å². The quantitative estimate of drug-likeness (QED) is 0.0752. The summed E-state index contributed by atoms with van der Waals surface area (Å²) < 4.78 is 20.7. The number of aliphatic hydroxyl groups is 1. The minimum absolute atomic E-state index is 0.0242. The average molecular weight is 684 g/mol. The SMILES string of the molecule is C=CCOC(=O)N[C@H](C(=O)N[C@@H](C)C(=O)Nc1ccc2c(c1)N(C(=O)c1cc(OC)c(OCCCC(=O)OC)cc1N)[C@H](CO)C2)C(C)C. The molecule has 3 rings (SSSR count). The summed E-state index contributed by atoms with van der Waals surface area (Å²) in [6.07, 6.45) is 1.53. The predicted molar refractivity (Wildman–Crippen MR) is 182 cm³/mol. The van der Waals surface area contributed by atoms with Crippen LogP contribution in [0.3, 0.4) is 0 Å². The number of nitrogens with zero attached hydrogens (tertiary/aromatic N) is 1. The highest BCUT2D eigenvalue weighted by molar-refractivity contribution is 6.11. The molecule has 0 aromatic heterocycles. The third kappa shape index (κ3) is 9.85. The lowest BCUT2D eigenvalue weighted by molar-refractivity contribution is -0.140. The molecule has 0 spiro atoms. The van der Waals surface area contributed by atoms with Crippen molar-refractivity contribution < 1.29 is 48.0 Å². The van der Waals surface area contributed by atoms with E-state index in [9.17, 15) is 29.1 Å². The number of amides is 4. The van der Waals surface area contributed by atoms with E-state index in [0.29, 0.717) is 24.2 Å². The fraction of sp³-hybridized carbons (Fsp3) is 0.441. The van der Waals surface area contributed by atoms with Crippen molar-refractivity contribution in [2.24, 2.45) is 5.92 Å². The van der Waals surface area contributed by atoms with Crippen molar-refractivity contribution in [1.29, 1.82) is 0 Å². The number of nitrogen functional groups attached to an aromatic ring is 1. The van der Waals surface area contributed by atoms with Gasteiger partial charge in [0.25, 0.3) is 5.91 Å². The minimum atomic E-state index is -0.996. The van der Waals surface area contributed by atoms with Gasteiger partial charge >= 0.3 is 12.1 Å². The van der Waals surface area contributed by atoms with Crippen molar-refractivity contribution in [2.45, 2.75) is 58.2 Å². The molecule has 15 heteroatoms. The molecule has 6 N–H and O–H groups in total.